The number of hydrogen-bond acceptors (Lipinski definition) is 2. The van der Waals surface area contributed by atoms with E-state index >= 15 is 0 Å². The van der Waals surface area contributed by atoms with Crippen molar-refractivity contribution in [3.63, 3.8) is 0 Å². The Morgan fingerprint density at radius 2 is 1.90 bits per heavy atom. The van der Waals surface area contributed by atoms with Gasteiger partial charge in [-0.15, -0.1) is 11.6 Å². The van der Waals surface area contributed by atoms with Crippen molar-refractivity contribution in [2.24, 2.45) is 4.99 Å². The van der Waals surface area contributed by atoms with Gasteiger partial charge >= 0.3 is 0 Å². The molecule has 0 unspecified atom stereocenters. The van der Waals surface area contributed by atoms with Gasteiger partial charge in [0, 0.05) is 17.5 Å². The minimum atomic E-state index is -0.313. The van der Waals surface area contributed by atoms with Crippen molar-refractivity contribution in [2.45, 2.75) is 19.3 Å². The fraction of sp³-hybridized carbons (Fsp3) is 0.235. The molecular formula is C17H15ClFNO. The number of rotatable bonds is 4. The number of benzene rings is 2. The summed E-state index contributed by atoms with van der Waals surface area (Å²) >= 11 is 5.74. The van der Waals surface area contributed by atoms with Crippen LogP contribution in [0.1, 0.15) is 24.8 Å². The van der Waals surface area contributed by atoms with Crippen LogP contribution in [0.3, 0.4) is 0 Å². The van der Waals surface area contributed by atoms with Gasteiger partial charge in [-0.25, -0.2) is 9.38 Å². The van der Waals surface area contributed by atoms with E-state index in [9.17, 15) is 4.39 Å². The molecule has 0 N–H and O–H groups in total. The van der Waals surface area contributed by atoms with Crippen LogP contribution in [-0.4, -0.2) is 11.6 Å². The average Bonchev–Trinajstić information content (AvgIpc) is 2.64. The van der Waals surface area contributed by atoms with Crippen molar-refractivity contribution in [3.05, 3.63) is 53.8 Å². The van der Waals surface area contributed by atoms with E-state index in [1.807, 2.05) is 24.3 Å². The van der Waals surface area contributed by atoms with E-state index in [4.69, 9.17) is 16.3 Å². The van der Waals surface area contributed by atoms with Gasteiger partial charge in [0.15, 0.2) is 5.75 Å². The lowest BCUT2D eigenvalue weighted by atomic mass is 10.0. The number of unbranched alkanes of at least 4 members (excludes halogenated alkanes) is 1. The highest BCUT2D eigenvalue weighted by molar-refractivity contribution is 6.17. The zero-order chi connectivity index (χ0) is 14.7. The van der Waals surface area contributed by atoms with Crippen molar-refractivity contribution >= 4 is 23.0 Å². The van der Waals surface area contributed by atoms with Gasteiger partial charge in [0.2, 0.25) is 0 Å². The van der Waals surface area contributed by atoms with E-state index in [2.05, 4.69) is 4.99 Å². The second kappa shape index (κ2) is 6.27. The molecule has 4 heteroatoms. The Hall–Kier alpha value is -1.87. The number of fused-ring (bicyclic) bond motifs is 2. The largest absolute Gasteiger partial charge is 0.454 e. The molecule has 1 heterocycles. The molecular weight excluding hydrogens is 289 g/mol. The highest BCUT2D eigenvalue weighted by atomic mass is 35.5. The fourth-order valence-corrected chi connectivity index (χ4v) is 2.55. The van der Waals surface area contributed by atoms with E-state index in [0.717, 1.165) is 36.3 Å². The molecule has 0 aromatic heterocycles. The summed E-state index contributed by atoms with van der Waals surface area (Å²) in [4.78, 5) is 4.62. The van der Waals surface area contributed by atoms with Crippen molar-refractivity contribution in [2.75, 3.05) is 5.88 Å². The van der Waals surface area contributed by atoms with Crippen LogP contribution < -0.4 is 4.74 Å². The van der Waals surface area contributed by atoms with Crippen molar-refractivity contribution < 1.29 is 9.13 Å². The Balaban J connectivity index is 2.04. The molecule has 0 fully saturated rings. The van der Waals surface area contributed by atoms with Gasteiger partial charge in [-0.3, -0.25) is 0 Å². The van der Waals surface area contributed by atoms with Gasteiger partial charge in [0.05, 0.1) is 5.71 Å². The monoisotopic (exact) mass is 303 g/mol. The molecule has 1 aliphatic heterocycles. The third-order valence-corrected chi connectivity index (χ3v) is 3.66. The third kappa shape index (κ3) is 3.08. The maximum atomic E-state index is 13.4. The van der Waals surface area contributed by atoms with Gasteiger partial charge in [-0.1, -0.05) is 12.1 Å². The van der Waals surface area contributed by atoms with Gasteiger partial charge in [0.25, 0.3) is 0 Å². The van der Waals surface area contributed by atoms with Gasteiger partial charge in [0.1, 0.15) is 17.3 Å². The van der Waals surface area contributed by atoms with Crippen LogP contribution in [0.25, 0.3) is 0 Å². The van der Waals surface area contributed by atoms with E-state index in [1.165, 1.54) is 12.1 Å². The Morgan fingerprint density at radius 3 is 2.76 bits per heavy atom. The van der Waals surface area contributed by atoms with Crippen LogP contribution in [-0.2, 0) is 0 Å². The van der Waals surface area contributed by atoms with Crippen LogP contribution in [0.5, 0.6) is 11.5 Å². The number of ether oxygens (including phenoxy) is 1. The second-order valence-corrected chi connectivity index (χ2v) is 5.29. The molecule has 0 atom stereocenters. The van der Waals surface area contributed by atoms with Gasteiger partial charge < -0.3 is 4.74 Å². The molecule has 0 saturated heterocycles. The van der Waals surface area contributed by atoms with E-state index in [-0.39, 0.29) is 5.82 Å². The maximum absolute atomic E-state index is 13.4. The first-order chi connectivity index (χ1) is 10.3. The lowest BCUT2D eigenvalue weighted by molar-refractivity contribution is 0.483. The summed E-state index contributed by atoms with van der Waals surface area (Å²) < 4.78 is 19.3. The second-order valence-electron chi connectivity index (χ2n) is 4.91. The normalized spacial score (nSPS) is 12.8. The summed E-state index contributed by atoms with van der Waals surface area (Å²) in [5.74, 6) is 1.66. The number of alkyl halides is 1. The van der Waals surface area contributed by atoms with E-state index < -0.39 is 0 Å². The lowest BCUT2D eigenvalue weighted by Crippen LogP contribution is -2.01. The standard InChI is InChI=1S/C17H15ClFNO/c18-10-4-3-6-14-13-5-1-2-7-16(13)21-17-9-8-12(19)11-15(17)20-14/h1-2,5,7-9,11H,3-4,6,10H2. The van der Waals surface area contributed by atoms with Crippen molar-refractivity contribution in [1.82, 2.24) is 0 Å². The predicted octanol–water partition coefficient (Wildman–Crippen LogP) is 5.46. The average molecular weight is 304 g/mol. The minimum Gasteiger partial charge on any atom is -0.454 e. The molecule has 2 aromatic carbocycles. The van der Waals surface area contributed by atoms with Crippen molar-refractivity contribution in [3.8, 4) is 11.5 Å². The number of aliphatic imine (C=N–C) groups is 1. The zero-order valence-corrected chi connectivity index (χ0v) is 12.2. The molecule has 2 aromatic rings. The van der Waals surface area contributed by atoms with E-state index in [1.54, 1.807) is 6.07 Å². The molecule has 0 amide bonds. The first kappa shape index (κ1) is 14.1. The van der Waals surface area contributed by atoms with Crippen LogP contribution in [0, 0.1) is 5.82 Å². The summed E-state index contributed by atoms with van der Waals surface area (Å²) in [6, 6.07) is 12.2. The molecule has 2 nitrogen and oxygen atoms in total. The SMILES string of the molecule is Fc1ccc2c(c1)N=C(CCCCCl)c1ccccc1O2. The quantitative estimate of drug-likeness (QED) is 0.543. The zero-order valence-electron chi connectivity index (χ0n) is 11.5. The van der Waals surface area contributed by atoms with E-state index in [0.29, 0.717) is 17.3 Å². The summed E-state index contributed by atoms with van der Waals surface area (Å²) in [7, 11) is 0. The summed E-state index contributed by atoms with van der Waals surface area (Å²) in [5.41, 5.74) is 2.41. The first-order valence-electron chi connectivity index (χ1n) is 6.98. The summed E-state index contributed by atoms with van der Waals surface area (Å²) in [6.45, 7) is 0. The molecule has 0 saturated carbocycles. The smallest absolute Gasteiger partial charge is 0.153 e. The van der Waals surface area contributed by atoms with Crippen LogP contribution in [0.15, 0.2) is 47.5 Å². The minimum absolute atomic E-state index is 0.313. The highest BCUT2D eigenvalue weighted by Crippen LogP contribution is 2.38. The Labute approximate surface area is 128 Å². The first-order valence-corrected chi connectivity index (χ1v) is 7.52. The molecule has 108 valence electrons. The van der Waals surface area contributed by atoms with Gasteiger partial charge in [-0.05, 0) is 43.5 Å². The van der Waals surface area contributed by atoms with Crippen LogP contribution in [0.4, 0.5) is 10.1 Å². The van der Waals surface area contributed by atoms with Crippen LogP contribution in [0.2, 0.25) is 0 Å². The number of nitrogens with zero attached hydrogens (tertiary/aromatic N) is 1. The summed E-state index contributed by atoms with van der Waals surface area (Å²) in [6.07, 6.45) is 2.67. The topological polar surface area (TPSA) is 21.6 Å². The third-order valence-electron chi connectivity index (χ3n) is 3.39. The number of hydrogen-bond donors (Lipinski definition) is 0. The Morgan fingerprint density at radius 1 is 1.05 bits per heavy atom. The molecule has 0 aliphatic carbocycles. The van der Waals surface area contributed by atoms with Crippen LogP contribution >= 0.6 is 11.6 Å². The lowest BCUT2D eigenvalue weighted by Gasteiger charge is -2.09. The number of para-hydroxylation sites is 1. The fourth-order valence-electron chi connectivity index (χ4n) is 2.36. The molecule has 0 bridgehead atoms. The van der Waals surface area contributed by atoms with Crippen molar-refractivity contribution in [1.29, 1.82) is 0 Å². The van der Waals surface area contributed by atoms with Gasteiger partial charge in [-0.2, -0.15) is 0 Å². The number of halogens is 2. The summed E-state index contributed by atoms with van der Waals surface area (Å²) in [5, 5.41) is 0. The maximum Gasteiger partial charge on any atom is 0.153 e. The highest BCUT2D eigenvalue weighted by Gasteiger charge is 2.17. The molecule has 0 spiro atoms. The molecule has 1 aliphatic rings. The Kier molecular flexibility index (Phi) is 4.20. The molecule has 0 radical (unpaired) electrons. The Bertz CT molecular complexity index is 684. The molecule has 3 rings (SSSR count). The predicted molar refractivity (Wildman–Crippen MR) is 83.7 cm³/mol. The molecule has 21 heavy (non-hydrogen) atoms.